The first-order chi connectivity index (χ1) is 11.6. The molecule has 2 unspecified atom stereocenters. The number of allylic oxidation sites excluding steroid dienone is 1. The molecule has 25 heavy (non-hydrogen) atoms. The van der Waals surface area contributed by atoms with Crippen LogP contribution in [0.15, 0.2) is 11.6 Å². The maximum absolute atomic E-state index is 12.5. The number of hydrogen-bond acceptors (Lipinski definition) is 5. The van der Waals surface area contributed by atoms with Crippen molar-refractivity contribution in [2.75, 3.05) is 12.3 Å². The zero-order valence-corrected chi connectivity index (χ0v) is 16.6. The van der Waals surface area contributed by atoms with Crippen molar-refractivity contribution in [1.82, 2.24) is 0 Å². The lowest BCUT2D eigenvalue weighted by atomic mass is 9.88. The van der Waals surface area contributed by atoms with E-state index in [1.807, 2.05) is 13.8 Å². The molecule has 0 aromatic heterocycles. The molecule has 0 aliphatic heterocycles. The highest BCUT2D eigenvalue weighted by atomic mass is 31.2. The quantitative estimate of drug-likeness (QED) is 0.300. The summed E-state index contributed by atoms with van der Waals surface area (Å²) >= 11 is 0. The van der Waals surface area contributed by atoms with Crippen molar-refractivity contribution in [3.8, 4) is 0 Å². The first-order valence-electron chi connectivity index (χ1n) is 8.99. The molecular formula is C18H31O6P. The van der Waals surface area contributed by atoms with Crippen LogP contribution in [0.4, 0.5) is 0 Å². The van der Waals surface area contributed by atoms with Crippen molar-refractivity contribution in [2.45, 2.75) is 66.1 Å². The molecule has 1 rings (SSSR count). The lowest BCUT2D eigenvalue weighted by Gasteiger charge is -2.22. The average molecular weight is 374 g/mol. The van der Waals surface area contributed by atoms with Gasteiger partial charge in [-0.3, -0.25) is 9.36 Å². The van der Waals surface area contributed by atoms with Crippen LogP contribution in [0, 0.1) is 11.8 Å². The molecule has 1 saturated carbocycles. The van der Waals surface area contributed by atoms with Crippen LogP contribution >= 0.6 is 7.37 Å². The molecule has 0 aromatic rings. The largest absolute Gasteiger partial charge is 0.426 e. The second-order valence-corrected chi connectivity index (χ2v) is 9.63. The Morgan fingerprint density at radius 2 is 1.76 bits per heavy atom. The fourth-order valence-corrected chi connectivity index (χ4v) is 5.19. The second-order valence-electron chi connectivity index (χ2n) is 7.25. The van der Waals surface area contributed by atoms with Crippen molar-refractivity contribution < 1.29 is 28.5 Å². The minimum Gasteiger partial charge on any atom is -0.426 e. The molecule has 0 radical (unpaired) electrons. The molecule has 0 spiro atoms. The second kappa shape index (κ2) is 10.1. The third-order valence-electron chi connectivity index (χ3n) is 4.02. The van der Waals surface area contributed by atoms with Crippen LogP contribution in [0.1, 0.15) is 59.8 Å². The van der Waals surface area contributed by atoms with E-state index in [1.165, 1.54) is 20.3 Å². The van der Waals surface area contributed by atoms with Gasteiger partial charge < -0.3 is 14.4 Å². The van der Waals surface area contributed by atoms with Crippen LogP contribution in [0.5, 0.6) is 0 Å². The van der Waals surface area contributed by atoms with E-state index >= 15 is 0 Å². The Balaban J connectivity index is 2.89. The predicted molar refractivity (Wildman–Crippen MR) is 96.4 cm³/mol. The SMILES string of the molecule is CC(=O)OC(C)OC(=O)/C(=C/C1CCCCC1)CP(=O)(O)CC(C)C. The van der Waals surface area contributed by atoms with Crippen LogP contribution in [-0.2, 0) is 23.6 Å². The van der Waals surface area contributed by atoms with Crippen LogP contribution in [0.2, 0.25) is 0 Å². The fourth-order valence-electron chi connectivity index (χ4n) is 3.16. The van der Waals surface area contributed by atoms with E-state index in [0.29, 0.717) is 0 Å². The summed E-state index contributed by atoms with van der Waals surface area (Å²) in [6.07, 6.45) is 6.03. The smallest absolute Gasteiger partial charge is 0.337 e. The molecule has 0 amide bonds. The summed E-state index contributed by atoms with van der Waals surface area (Å²) in [5, 5.41) is 0. The summed E-state index contributed by atoms with van der Waals surface area (Å²) in [7, 11) is -3.47. The first kappa shape index (κ1) is 21.9. The highest BCUT2D eigenvalue weighted by Crippen LogP contribution is 2.45. The van der Waals surface area contributed by atoms with E-state index < -0.39 is 25.6 Å². The van der Waals surface area contributed by atoms with Gasteiger partial charge >= 0.3 is 11.9 Å². The van der Waals surface area contributed by atoms with E-state index in [2.05, 4.69) is 0 Å². The van der Waals surface area contributed by atoms with Gasteiger partial charge in [0, 0.05) is 25.6 Å². The lowest BCUT2D eigenvalue weighted by Crippen LogP contribution is -2.23. The molecule has 1 fully saturated rings. The van der Waals surface area contributed by atoms with E-state index in [9.17, 15) is 19.0 Å². The monoisotopic (exact) mass is 374 g/mol. The maximum Gasteiger partial charge on any atom is 0.337 e. The molecule has 7 heteroatoms. The Labute approximate surface area is 150 Å². The normalized spacial score (nSPS) is 20.0. The van der Waals surface area contributed by atoms with E-state index in [4.69, 9.17) is 9.47 Å². The van der Waals surface area contributed by atoms with Gasteiger partial charge in [0.05, 0.1) is 6.16 Å². The van der Waals surface area contributed by atoms with E-state index in [1.54, 1.807) is 6.08 Å². The molecule has 144 valence electrons. The minimum absolute atomic E-state index is 0.0581. The van der Waals surface area contributed by atoms with Crippen molar-refractivity contribution in [3.63, 3.8) is 0 Å². The van der Waals surface area contributed by atoms with Gasteiger partial charge in [-0.25, -0.2) is 4.79 Å². The topological polar surface area (TPSA) is 89.9 Å². The number of carbonyl (C=O) groups is 2. The summed E-state index contributed by atoms with van der Waals surface area (Å²) in [5.74, 6) is -0.953. The molecule has 6 nitrogen and oxygen atoms in total. The molecule has 0 saturated heterocycles. The molecule has 2 atom stereocenters. The number of esters is 2. The Hall–Kier alpha value is -1.13. The highest BCUT2D eigenvalue weighted by Gasteiger charge is 2.28. The summed E-state index contributed by atoms with van der Waals surface area (Å²) in [6, 6.07) is 0. The standard InChI is InChI=1S/C18H31O6P/c1-13(2)11-25(21,22)12-17(10-16-8-6-5-7-9-16)18(20)24-15(4)23-14(3)19/h10,13,15-16H,5-9,11-12H2,1-4H3,(H,21,22)/b17-10+. The molecule has 0 bridgehead atoms. The molecule has 1 aliphatic rings. The van der Waals surface area contributed by atoms with Crippen molar-refractivity contribution in [3.05, 3.63) is 11.6 Å². The Morgan fingerprint density at radius 1 is 1.16 bits per heavy atom. The van der Waals surface area contributed by atoms with Gasteiger partial charge in [-0.2, -0.15) is 0 Å². The molecule has 0 aromatic carbocycles. The molecule has 1 aliphatic carbocycles. The number of rotatable bonds is 8. The Morgan fingerprint density at radius 3 is 2.28 bits per heavy atom. The number of ether oxygens (including phenoxy) is 2. The molecular weight excluding hydrogens is 343 g/mol. The average Bonchev–Trinajstić information content (AvgIpc) is 2.44. The number of hydrogen-bond donors (Lipinski definition) is 1. The Kier molecular flexibility index (Phi) is 8.87. The fraction of sp³-hybridized carbons (Fsp3) is 0.778. The van der Waals surface area contributed by atoms with Gasteiger partial charge in [-0.15, -0.1) is 0 Å². The summed E-state index contributed by atoms with van der Waals surface area (Å²) in [5.41, 5.74) is 0.220. The van der Waals surface area contributed by atoms with Gasteiger partial charge in [0.15, 0.2) is 0 Å². The summed E-state index contributed by atoms with van der Waals surface area (Å²) in [6.45, 7) is 6.42. The third kappa shape index (κ3) is 9.22. The van der Waals surface area contributed by atoms with Crippen LogP contribution in [0.25, 0.3) is 0 Å². The van der Waals surface area contributed by atoms with Gasteiger partial charge in [0.1, 0.15) is 0 Å². The zero-order valence-electron chi connectivity index (χ0n) is 15.7. The summed E-state index contributed by atoms with van der Waals surface area (Å²) in [4.78, 5) is 33.7. The highest BCUT2D eigenvalue weighted by molar-refractivity contribution is 7.58. The molecule has 1 N–H and O–H groups in total. The van der Waals surface area contributed by atoms with Gasteiger partial charge in [0.25, 0.3) is 0 Å². The van der Waals surface area contributed by atoms with Gasteiger partial charge in [-0.1, -0.05) is 39.2 Å². The predicted octanol–water partition coefficient (Wildman–Crippen LogP) is 3.87. The first-order valence-corrected chi connectivity index (χ1v) is 11.0. The van der Waals surface area contributed by atoms with E-state index in [-0.39, 0.29) is 29.7 Å². The van der Waals surface area contributed by atoms with Gasteiger partial charge in [-0.05, 0) is 24.7 Å². The maximum atomic E-state index is 12.5. The third-order valence-corrected chi connectivity index (χ3v) is 6.16. The Bertz CT molecular complexity index is 534. The van der Waals surface area contributed by atoms with Crippen molar-refractivity contribution in [1.29, 1.82) is 0 Å². The molecule has 0 heterocycles. The van der Waals surface area contributed by atoms with Crippen molar-refractivity contribution >= 4 is 19.3 Å². The zero-order chi connectivity index (χ0) is 19.0. The van der Waals surface area contributed by atoms with Crippen LogP contribution in [0.3, 0.4) is 0 Å². The minimum atomic E-state index is -3.47. The van der Waals surface area contributed by atoms with Gasteiger partial charge in [0.2, 0.25) is 13.7 Å². The van der Waals surface area contributed by atoms with Crippen molar-refractivity contribution in [2.24, 2.45) is 11.8 Å². The lowest BCUT2D eigenvalue weighted by molar-refractivity contribution is -0.180. The van der Waals surface area contributed by atoms with Crippen LogP contribution in [-0.4, -0.2) is 35.4 Å². The van der Waals surface area contributed by atoms with Crippen LogP contribution < -0.4 is 0 Å². The summed E-state index contributed by atoms with van der Waals surface area (Å²) < 4.78 is 22.4. The number of carbonyl (C=O) groups excluding carboxylic acids is 2. The van der Waals surface area contributed by atoms with E-state index in [0.717, 1.165) is 25.7 Å².